The molecule has 0 aliphatic carbocycles. The van der Waals surface area contributed by atoms with E-state index < -0.39 is 23.2 Å². The van der Waals surface area contributed by atoms with Gasteiger partial charge in [-0.05, 0) is 18.2 Å². The lowest BCUT2D eigenvalue weighted by Crippen LogP contribution is -2.07. The van der Waals surface area contributed by atoms with Crippen molar-refractivity contribution in [2.24, 2.45) is 0 Å². The fourth-order valence-electron chi connectivity index (χ4n) is 1.72. The van der Waals surface area contributed by atoms with E-state index >= 15 is 0 Å². The Balaban J connectivity index is 2.17. The van der Waals surface area contributed by atoms with Crippen molar-refractivity contribution >= 4 is 5.97 Å². The molecule has 110 valence electrons. The third-order valence-corrected chi connectivity index (χ3v) is 2.83. The molecule has 4 nitrogen and oxygen atoms in total. The average Bonchev–Trinajstić information content (AvgIpc) is 2.48. The van der Waals surface area contributed by atoms with Gasteiger partial charge in [0, 0.05) is 11.6 Å². The van der Waals surface area contributed by atoms with Crippen LogP contribution in [0.4, 0.5) is 8.78 Å². The average molecular weight is 294 g/mol. The van der Waals surface area contributed by atoms with Crippen LogP contribution in [-0.2, 0) is 6.61 Å². The molecule has 0 saturated carbocycles. The van der Waals surface area contributed by atoms with E-state index in [1.54, 1.807) is 24.3 Å². The molecule has 0 radical (unpaired) electrons. The number of carbonyl (C=O) groups is 1. The normalized spacial score (nSPS) is 10.2. The summed E-state index contributed by atoms with van der Waals surface area (Å²) >= 11 is 0. The molecule has 2 aromatic rings. The minimum Gasteiger partial charge on any atom is -0.497 e. The smallest absolute Gasteiger partial charge is 0.338 e. The van der Waals surface area contributed by atoms with Crippen LogP contribution in [-0.4, -0.2) is 18.2 Å². The zero-order chi connectivity index (χ0) is 15.4. The molecule has 2 aromatic carbocycles. The highest BCUT2D eigenvalue weighted by Crippen LogP contribution is 2.22. The van der Waals surface area contributed by atoms with Crippen LogP contribution in [0.5, 0.6) is 11.5 Å². The lowest BCUT2D eigenvalue weighted by atomic mass is 10.1. The molecule has 1 N–H and O–H groups in total. The summed E-state index contributed by atoms with van der Waals surface area (Å²) in [5.41, 5.74) is -0.780. The molecule has 0 heterocycles. The Morgan fingerprint density at radius 2 is 1.86 bits per heavy atom. The van der Waals surface area contributed by atoms with Crippen LogP contribution in [0.1, 0.15) is 15.9 Å². The van der Waals surface area contributed by atoms with Crippen molar-refractivity contribution in [1.29, 1.82) is 0 Å². The number of hydrogen-bond donors (Lipinski definition) is 1. The summed E-state index contributed by atoms with van der Waals surface area (Å²) in [6.45, 7) is -0.226. The molecule has 0 fully saturated rings. The van der Waals surface area contributed by atoms with E-state index in [9.17, 15) is 13.6 Å². The number of hydrogen-bond acceptors (Lipinski definition) is 3. The largest absolute Gasteiger partial charge is 0.497 e. The van der Waals surface area contributed by atoms with Crippen molar-refractivity contribution in [2.75, 3.05) is 7.11 Å². The first-order valence-corrected chi connectivity index (χ1v) is 6.00. The minimum atomic E-state index is -1.52. The Hall–Kier alpha value is -2.63. The molecule has 0 aliphatic heterocycles. The predicted molar refractivity (Wildman–Crippen MR) is 70.6 cm³/mol. The van der Waals surface area contributed by atoms with E-state index in [4.69, 9.17) is 14.6 Å². The van der Waals surface area contributed by atoms with Gasteiger partial charge in [0.2, 0.25) is 0 Å². The van der Waals surface area contributed by atoms with Crippen LogP contribution >= 0.6 is 0 Å². The summed E-state index contributed by atoms with van der Waals surface area (Å²) in [5, 5.41) is 8.69. The highest BCUT2D eigenvalue weighted by atomic mass is 19.2. The number of carboxylic acid groups (broad SMARTS) is 1. The Morgan fingerprint density at radius 1 is 1.14 bits per heavy atom. The molecule has 2 rings (SSSR count). The molecule has 0 unspecified atom stereocenters. The standard InChI is InChI=1S/C15H12F2O4/c1-20-10-3-2-4-11(7-10)21-8-9-5-6-12(15(18)19)14(17)13(9)16/h2-7H,8H2,1H3,(H,18,19). The molecule has 0 spiro atoms. The molecule has 0 atom stereocenters. The first-order chi connectivity index (χ1) is 10.0. The first kappa shape index (κ1) is 14.8. The van der Waals surface area contributed by atoms with Crippen molar-refractivity contribution in [3.05, 3.63) is 59.2 Å². The number of methoxy groups -OCH3 is 1. The molecule has 0 bridgehead atoms. The Labute approximate surface area is 119 Å². The van der Waals surface area contributed by atoms with Gasteiger partial charge in [-0.15, -0.1) is 0 Å². The summed E-state index contributed by atoms with van der Waals surface area (Å²) in [4.78, 5) is 10.7. The molecule has 6 heteroatoms. The van der Waals surface area contributed by atoms with Gasteiger partial charge >= 0.3 is 5.97 Å². The second-order valence-electron chi connectivity index (χ2n) is 4.17. The number of halogens is 2. The van der Waals surface area contributed by atoms with Crippen LogP contribution in [0.25, 0.3) is 0 Å². The first-order valence-electron chi connectivity index (χ1n) is 6.00. The predicted octanol–water partition coefficient (Wildman–Crippen LogP) is 3.25. The van der Waals surface area contributed by atoms with E-state index in [2.05, 4.69) is 0 Å². The van der Waals surface area contributed by atoms with Gasteiger partial charge < -0.3 is 14.6 Å². The monoisotopic (exact) mass is 294 g/mol. The van der Waals surface area contributed by atoms with Gasteiger partial charge in [-0.1, -0.05) is 12.1 Å². The zero-order valence-corrected chi connectivity index (χ0v) is 11.1. The maximum Gasteiger partial charge on any atom is 0.338 e. The SMILES string of the molecule is COc1cccc(OCc2ccc(C(=O)O)c(F)c2F)c1. The fraction of sp³-hybridized carbons (Fsp3) is 0.133. The third kappa shape index (κ3) is 3.28. The highest BCUT2D eigenvalue weighted by Gasteiger charge is 2.18. The molecular weight excluding hydrogens is 282 g/mol. The number of ether oxygens (including phenoxy) is 2. The minimum absolute atomic E-state index is 0.0691. The van der Waals surface area contributed by atoms with Crippen molar-refractivity contribution in [3.8, 4) is 11.5 Å². The molecule has 0 saturated heterocycles. The third-order valence-electron chi connectivity index (χ3n) is 2.83. The number of aromatic carboxylic acids is 1. The van der Waals surface area contributed by atoms with Crippen LogP contribution in [0.2, 0.25) is 0 Å². The van der Waals surface area contributed by atoms with Gasteiger partial charge in [-0.3, -0.25) is 0 Å². The van der Waals surface area contributed by atoms with Crippen LogP contribution in [0.3, 0.4) is 0 Å². The zero-order valence-electron chi connectivity index (χ0n) is 11.1. The van der Waals surface area contributed by atoms with Gasteiger partial charge in [-0.25, -0.2) is 13.6 Å². The van der Waals surface area contributed by atoms with Gasteiger partial charge in [0.05, 0.1) is 12.7 Å². The van der Waals surface area contributed by atoms with E-state index in [1.165, 1.54) is 13.2 Å². The van der Waals surface area contributed by atoms with Gasteiger partial charge in [0.25, 0.3) is 0 Å². The molecule has 0 aromatic heterocycles. The maximum absolute atomic E-state index is 13.7. The summed E-state index contributed by atoms with van der Waals surface area (Å²) in [6, 6.07) is 8.84. The van der Waals surface area contributed by atoms with Crippen molar-refractivity contribution in [2.45, 2.75) is 6.61 Å². The van der Waals surface area contributed by atoms with E-state index in [-0.39, 0.29) is 12.2 Å². The van der Waals surface area contributed by atoms with E-state index in [0.29, 0.717) is 11.5 Å². The van der Waals surface area contributed by atoms with Gasteiger partial charge in [0.15, 0.2) is 11.6 Å². The second-order valence-corrected chi connectivity index (χ2v) is 4.17. The summed E-state index contributed by atoms with van der Waals surface area (Å²) in [7, 11) is 1.50. The second kappa shape index (κ2) is 6.21. The van der Waals surface area contributed by atoms with Crippen molar-refractivity contribution < 1.29 is 28.2 Å². The number of carboxylic acids is 1. The topological polar surface area (TPSA) is 55.8 Å². The molecule has 0 amide bonds. The lowest BCUT2D eigenvalue weighted by molar-refractivity contribution is 0.0690. The number of rotatable bonds is 5. The molecule has 21 heavy (non-hydrogen) atoms. The summed E-state index contributed by atoms with van der Waals surface area (Å²) < 4.78 is 37.6. The quantitative estimate of drug-likeness (QED) is 0.919. The van der Waals surface area contributed by atoms with Crippen LogP contribution in [0.15, 0.2) is 36.4 Å². The Kier molecular flexibility index (Phi) is 4.37. The number of benzene rings is 2. The Morgan fingerprint density at radius 3 is 2.52 bits per heavy atom. The van der Waals surface area contributed by atoms with Crippen molar-refractivity contribution in [3.63, 3.8) is 0 Å². The highest BCUT2D eigenvalue weighted by molar-refractivity contribution is 5.88. The fourth-order valence-corrected chi connectivity index (χ4v) is 1.72. The Bertz CT molecular complexity index is 671. The summed E-state index contributed by atoms with van der Waals surface area (Å²) in [5.74, 6) is -3.14. The van der Waals surface area contributed by atoms with Crippen LogP contribution < -0.4 is 9.47 Å². The maximum atomic E-state index is 13.7. The van der Waals surface area contributed by atoms with E-state index in [1.807, 2.05) is 0 Å². The lowest BCUT2D eigenvalue weighted by Gasteiger charge is -2.09. The molecule has 0 aliphatic rings. The summed E-state index contributed by atoms with van der Waals surface area (Å²) in [6.07, 6.45) is 0. The van der Waals surface area contributed by atoms with Gasteiger partial charge in [0.1, 0.15) is 18.1 Å². The van der Waals surface area contributed by atoms with Gasteiger partial charge in [-0.2, -0.15) is 0 Å². The molecular formula is C15H12F2O4. The van der Waals surface area contributed by atoms with Crippen molar-refractivity contribution in [1.82, 2.24) is 0 Å². The van der Waals surface area contributed by atoms with Crippen LogP contribution in [0, 0.1) is 11.6 Å². The van der Waals surface area contributed by atoms with E-state index in [0.717, 1.165) is 6.07 Å².